The van der Waals surface area contributed by atoms with Crippen molar-refractivity contribution in [2.75, 3.05) is 16.8 Å². The number of ether oxygens (including phenoxy) is 1. The first kappa shape index (κ1) is 35.3. The van der Waals surface area contributed by atoms with Crippen LogP contribution in [0.25, 0.3) is 0 Å². The molecule has 6 rings (SSSR count). The van der Waals surface area contributed by atoms with Gasteiger partial charge in [0.1, 0.15) is 11.8 Å². The molecule has 0 saturated carbocycles. The number of fused-ring (bicyclic) bond motifs is 2. The lowest BCUT2D eigenvalue weighted by atomic mass is 9.81. The van der Waals surface area contributed by atoms with Crippen molar-refractivity contribution in [1.82, 2.24) is 4.57 Å². The number of primary sulfonamides is 1. The third-order valence-corrected chi connectivity index (χ3v) is 12.1. The van der Waals surface area contributed by atoms with Crippen LogP contribution in [-0.4, -0.2) is 48.5 Å². The monoisotopic (exact) mass is 734 g/mol. The Morgan fingerprint density at radius 3 is 2.14 bits per heavy atom. The third kappa shape index (κ3) is 6.65. The fourth-order valence-corrected chi connectivity index (χ4v) is 9.38. The van der Waals surface area contributed by atoms with E-state index < -0.39 is 55.7 Å². The number of carbonyl (C=O) groups excluding carboxylic acids is 4. The summed E-state index contributed by atoms with van der Waals surface area (Å²) in [5, 5.41) is 7.35. The molecule has 3 heterocycles. The number of carbonyl (C=O) groups is 4. The van der Waals surface area contributed by atoms with E-state index in [0.29, 0.717) is 21.3 Å². The van der Waals surface area contributed by atoms with Gasteiger partial charge in [0.15, 0.2) is 0 Å². The van der Waals surface area contributed by atoms with E-state index in [1.54, 1.807) is 6.92 Å². The van der Waals surface area contributed by atoms with E-state index in [4.69, 9.17) is 9.88 Å². The van der Waals surface area contributed by atoms with Crippen LogP contribution in [0.4, 0.5) is 11.4 Å². The molecule has 50 heavy (non-hydrogen) atoms. The average Bonchev–Trinajstić information content (AvgIpc) is 3.50. The van der Waals surface area contributed by atoms with Gasteiger partial charge in [-0.3, -0.25) is 23.7 Å². The Morgan fingerprint density at radius 2 is 1.56 bits per heavy atom. The molecule has 2 aliphatic rings. The van der Waals surface area contributed by atoms with Crippen LogP contribution < -0.4 is 20.2 Å². The van der Waals surface area contributed by atoms with E-state index in [0.717, 1.165) is 39.1 Å². The minimum atomic E-state index is -3.92. The number of esters is 1. The summed E-state index contributed by atoms with van der Waals surface area (Å²) in [7, 11) is -3.92. The van der Waals surface area contributed by atoms with E-state index in [-0.39, 0.29) is 29.0 Å². The number of benzene rings is 3. The number of thiazole rings is 1. The number of hydrogen-bond acceptors (Lipinski definition) is 10. The van der Waals surface area contributed by atoms with Gasteiger partial charge in [0, 0.05) is 16.5 Å². The van der Waals surface area contributed by atoms with Crippen molar-refractivity contribution in [3.05, 3.63) is 104 Å². The van der Waals surface area contributed by atoms with Gasteiger partial charge in [-0.15, -0.1) is 0 Å². The Morgan fingerprint density at radius 1 is 0.920 bits per heavy atom. The Kier molecular flexibility index (Phi) is 9.37. The number of hydrogen-bond donors (Lipinski definition) is 2. The Bertz CT molecular complexity index is 2170. The van der Waals surface area contributed by atoms with Crippen molar-refractivity contribution in [2.45, 2.75) is 60.7 Å². The molecule has 0 aliphatic carbocycles. The highest BCUT2D eigenvalue weighted by Gasteiger charge is 2.56. The molecular weight excluding hydrogens is 701 g/mol. The molecule has 4 aromatic rings. The molecule has 15 heteroatoms. The summed E-state index contributed by atoms with van der Waals surface area (Å²) in [5.41, 5.74) is 2.57. The quantitative estimate of drug-likeness (QED) is 0.196. The maximum absolute atomic E-state index is 14.3. The largest absolute Gasteiger partial charge is 0.462 e. The summed E-state index contributed by atoms with van der Waals surface area (Å²) in [6.45, 7) is 7.77. The molecule has 260 valence electrons. The second-order valence-corrected chi connectivity index (χ2v) is 16.6. The third-order valence-electron chi connectivity index (χ3n) is 8.59. The lowest BCUT2D eigenvalue weighted by molar-refractivity contribution is -0.122. The highest BCUT2D eigenvalue weighted by Crippen LogP contribution is 2.54. The molecule has 1 saturated heterocycles. The second-order valence-electron chi connectivity index (χ2n) is 12.9. The molecule has 3 atom stereocenters. The maximum Gasteiger partial charge on any atom is 0.338 e. The molecule has 0 unspecified atom stereocenters. The van der Waals surface area contributed by atoms with Crippen LogP contribution in [-0.2, 0) is 41.1 Å². The lowest BCUT2D eigenvalue weighted by Crippen LogP contribution is -2.33. The van der Waals surface area contributed by atoms with Gasteiger partial charge in [0.05, 0.1) is 33.7 Å². The van der Waals surface area contributed by atoms with Crippen molar-refractivity contribution in [3.63, 3.8) is 0 Å². The summed E-state index contributed by atoms with van der Waals surface area (Å²) >= 11 is 2.02. The lowest BCUT2D eigenvalue weighted by Gasteiger charge is -2.31. The van der Waals surface area contributed by atoms with Gasteiger partial charge < -0.3 is 10.1 Å². The number of aromatic nitrogens is 1. The first-order valence-corrected chi connectivity index (χ1v) is 18.9. The molecule has 1 fully saturated rings. The first-order chi connectivity index (χ1) is 23.6. The van der Waals surface area contributed by atoms with Gasteiger partial charge in [0.2, 0.25) is 27.7 Å². The van der Waals surface area contributed by atoms with Gasteiger partial charge in [-0.05, 0) is 72.0 Å². The van der Waals surface area contributed by atoms with Crippen LogP contribution in [0.3, 0.4) is 0 Å². The van der Waals surface area contributed by atoms with Crippen LogP contribution in [0.1, 0.15) is 60.0 Å². The fraction of sp³-hybridized carbons (Fsp3) is 0.286. The zero-order chi connectivity index (χ0) is 36.1. The molecule has 0 bridgehead atoms. The molecule has 0 spiro atoms. The van der Waals surface area contributed by atoms with Crippen molar-refractivity contribution in [3.8, 4) is 0 Å². The number of nitrogens with one attached hydrogen (secondary N) is 1. The van der Waals surface area contributed by atoms with Gasteiger partial charge in [-0.2, -0.15) is 0 Å². The maximum atomic E-state index is 14.3. The topological polar surface area (TPSA) is 175 Å². The normalized spacial score (nSPS) is 18.8. The van der Waals surface area contributed by atoms with Crippen molar-refractivity contribution in [2.24, 2.45) is 11.1 Å². The Labute approximate surface area is 296 Å². The van der Waals surface area contributed by atoms with Crippen LogP contribution in [0.2, 0.25) is 0 Å². The van der Waals surface area contributed by atoms with Crippen LogP contribution in [0.5, 0.6) is 0 Å². The molecule has 1 aromatic heterocycles. The molecule has 2 aliphatic heterocycles. The molecule has 0 radical (unpaired) electrons. The highest BCUT2D eigenvalue weighted by molar-refractivity contribution is 8.00. The van der Waals surface area contributed by atoms with Crippen molar-refractivity contribution < 1.29 is 32.3 Å². The summed E-state index contributed by atoms with van der Waals surface area (Å²) in [5.74, 6) is -3.48. The number of nitrogens with zero attached hydrogens (tertiary/aromatic N) is 2. The van der Waals surface area contributed by atoms with Gasteiger partial charge in [-0.1, -0.05) is 68.1 Å². The van der Waals surface area contributed by atoms with Gasteiger partial charge in [0.25, 0.3) is 0 Å². The smallest absolute Gasteiger partial charge is 0.338 e. The summed E-state index contributed by atoms with van der Waals surface area (Å²) in [4.78, 5) is 68.5. The summed E-state index contributed by atoms with van der Waals surface area (Å²) in [6, 6.07) is 19.1. The second kappa shape index (κ2) is 13.3. The number of amides is 3. The number of imide groups is 1. The first-order valence-electron chi connectivity index (χ1n) is 15.7. The molecule has 12 nitrogen and oxygen atoms in total. The van der Waals surface area contributed by atoms with Crippen LogP contribution in [0, 0.1) is 5.92 Å². The standard InChI is InChI=1S/C35H34N4O8S3/c1-5-47-33(43)20-8-14-23(15-9-20)39-30(41)27-26(19-6-10-21(11-7-19)35(2,3)4)29-32(48-28(27)31(39)42)38(34(44)49-29)18-25(40)37-22-12-16-24(17-13-22)50(36,45)46/h6-17,26-28H,5,18H2,1-4H3,(H,37,40)(H2,36,45,46)/t26-,27-,28+/m0/s1. The Balaban J connectivity index is 1.36. The molecular formula is C35H34N4O8S3. The minimum Gasteiger partial charge on any atom is -0.462 e. The molecule has 3 amide bonds. The zero-order valence-electron chi connectivity index (χ0n) is 27.5. The Hall–Kier alpha value is -4.57. The van der Waals surface area contributed by atoms with Crippen molar-refractivity contribution >= 4 is 68.2 Å². The van der Waals surface area contributed by atoms with Crippen molar-refractivity contribution in [1.29, 1.82) is 0 Å². The predicted octanol–water partition coefficient (Wildman–Crippen LogP) is 4.47. The average molecular weight is 735 g/mol. The van der Waals surface area contributed by atoms with E-state index in [9.17, 15) is 32.4 Å². The number of anilines is 2. The molecule has 3 N–H and O–H groups in total. The number of sulfonamides is 1. The zero-order valence-corrected chi connectivity index (χ0v) is 30.0. The number of nitrogens with two attached hydrogens (primary N) is 1. The summed E-state index contributed by atoms with van der Waals surface area (Å²) in [6.07, 6.45) is 0. The predicted molar refractivity (Wildman–Crippen MR) is 190 cm³/mol. The highest BCUT2D eigenvalue weighted by atomic mass is 32.2. The van der Waals surface area contributed by atoms with Gasteiger partial charge in [-0.25, -0.2) is 23.3 Å². The summed E-state index contributed by atoms with van der Waals surface area (Å²) < 4.78 is 29.6. The fourth-order valence-electron chi connectivity index (χ4n) is 6.09. The number of thioether (sulfide) groups is 1. The number of rotatable bonds is 8. The minimum absolute atomic E-state index is 0.120. The van der Waals surface area contributed by atoms with E-state index in [2.05, 4.69) is 26.1 Å². The SMILES string of the molecule is CCOC(=O)c1ccc(N2C(=O)[C@H]3[C@H](c4ccc(C(C)(C)C)cc4)c4sc(=O)n(CC(=O)Nc5ccc(S(N)(=O)=O)cc5)c4S[C@H]3C2=O)cc1. The van der Waals surface area contributed by atoms with E-state index in [1.165, 1.54) is 53.1 Å². The molecule has 3 aromatic carbocycles. The van der Waals surface area contributed by atoms with Gasteiger partial charge >= 0.3 is 10.8 Å². The van der Waals surface area contributed by atoms with Crippen LogP contribution >= 0.6 is 23.1 Å². The van der Waals surface area contributed by atoms with E-state index in [1.807, 2.05) is 24.3 Å². The van der Waals surface area contributed by atoms with E-state index >= 15 is 0 Å². The van der Waals surface area contributed by atoms with Crippen LogP contribution in [0.15, 0.2) is 87.5 Å².